The molecule has 2 aromatic rings. The molecule has 0 N–H and O–H groups in total. The van der Waals surface area contributed by atoms with Crippen LogP contribution in [0.1, 0.15) is 35.2 Å². The normalized spacial score (nSPS) is 22.9. The Kier molecular flexibility index (Phi) is 6.81. The van der Waals surface area contributed by atoms with Crippen LogP contribution in [0.25, 0.3) is 0 Å². The molecule has 34 heavy (non-hydrogen) atoms. The van der Waals surface area contributed by atoms with Gasteiger partial charge in [-0.1, -0.05) is 12.1 Å². The number of anilines is 1. The van der Waals surface area contributed by atoms with E-state index >= 15 is 0 Å². The maximum atomic E-state index is 13.4. The Hall–Kier alpha value is -2.93. The van der Waals surface area contributed by atoms with E-state index in [1.54, 1.807) is 12.1 Å². The van der Waals surface area contributed by atoms with Gasteiger partial charge in [0.25, 0.3) is 5.91 Å². The Balaban J connectivity index is 1.21. The highest BCUT2D eigenvalue weighted by molar-refractivity contribution is 5.95. The summed E-state index contributed by atoms with van der Waals surface area (Å²) < 4.78 is 18.6. The van der Waals surface area contributed by atoms with Gasteiger partial charge >= 0.3 is 0 Å². The summed E-state index contributed by atoms with van der Waals surface area (Å²) in [5.41, 5.74) is 2.69. The van der Waals surface area contributed by atoms with Gasteiger partial charge < -0.3 is 19.4 Å². The van der Waals surface area contributed by atoms with E-state index in [1.807, 2.05) is 34.1 Å². The molecule has 3 saturated heterocycles. The summed E-state index contributed by atoms with van der Waals surface area (Å²) in [4.78, 5) is 32.5. The fourth-order valence-electron chi connectivity index (χ4n) is 5.57. The number of ether oxygens (including phenoxy) is 1. The largest absolute Gasteiger partial charge is 0.378 e. The van der Waals surface area contributed by atoms with Gasteiger partial charge in [0.15, 0.2) is 0 Å². The molecular weight excluding hydrogens is 433 g/mol. The van der Waals surface area contributed by atoms with Crippen molar-refractivity contribution >= 4 is 17.5 Å². The smallest absolute Gasteiger partial charge is 0.254 e. The number of benzene rings is 2. The fourth-order valence-corrected chi connectivity index (χ4v) is 5.57. The molecule has 3 fully saturated rings. The van der Waals surface area contributed by atoms with Crippen LogP contribution in [0.3, 0.4) is 0 Å². The highest BCUT2D eigenvalue weighted by Crippen LogP contribution is 2.32. The lowest BCUT2D eigenvalue weighted by molar-refractivity contribution is -0.133. The van der Waals surface area contributed by atoms with Crippen LogP contribution in [0.2, 0.25) is 0 Å². The molecule has 0 aromatic heterocycles. The van der Waals surface area contributed by atoms with Crippen LogP contribution >= 0.6 is 0 Å². The van der Waals surface area contributed by atoms with Crippen molar-refractivity contribution in [2.45, 2.75) is 31.7 Å². The zero-order valence-electron chi connectivity index (χ0n) is 19.5. The lowest BCUT2D eigenvalue weighted by atomic mass is 9.83. The van der Waals surface area contributed by atoms with Crippen LogP contribution in [0, 0.1) is 11.7 Å². The fraction of sp³-hybridized carbons (Fsp3) is 0.481. The minimum Gasteiger partial charge on any atom is -0.378 e. The molecular formula is C27H32FN3O3. The lowest BCUT2D eigenvalue weighted by Gasteiger charge is -2.47. The van der Waals surface area contributed by atoms with E-state index in [0.29, 0.717) is 19.0 Å². The third kappa shape index (κ3) is 4.94. The van der Waals surface area contributed by atoms with Crippen molar-refractivity contribution in [3.8, 4) is 0 Å². The number of nitrogens with zero attached hydrogens (tertiary/aromatic N) is 3. The first-order valence-corrected chi connectivity index (χ1v) is 12.3. The summed E-state index contributed by atoms with van der Waals surface area (Å²) in [6.07, 6.45) is 3.08. The Bertz CT molecular complexity index is 1000. The number of hydrogen-bond acceptors (Lipinski definition) is 4. The number of morpholine rings is 1. The third-order valence-electron chi connectivity index (χ3n) is 7.44. The van der Waals surface area contributed by atoms with Crippen LogP contribution in [0.15, 0.2) is 48.5 Å². The number of carbonyl (C=O) groups excluding carboxylic acids is 2. The average Bonchev–Trinajstić information content (AvgIpc) is 2.89. The molecule has 5 rings (SSSR count). The number of piperidine rings is 2. The first-order valence-electron chi connectivity index (χ1n) is 12.3. The number of rotatable bonds is 4. The average molecular weight is 466 g/mol. The molecule has 0 radical (unpaired) electrons. The monoisotopic (exact) mass is 465 g/mol. The zero-order chi connectivity index (χ0) is 23.5. The predicted molar refractivity (Wildman–Crippen MR) is 128 cm³/mol. The van der Waals surface area contributed by atoms with E-state index < -0.39 is 0 Å². The third-order valence-corrected chi connectivity index (χ3v) is 7.44. The molecule has 0 saturated carbocycles. The lowest BCUT2D eigenvalue weighted by Crippen LogP contribution is -2.56. The molecule has 2 amide bonds. The maximum Gasteiger partial charge on any atom is 0.254 e. The van der Waals surface area contributed by atoms with Gasteiger partial charge in [0.1, 0.15) is 5.82 Å². The molecule has 3 aliphatic heterocycles. The van der Waals surface area contributed by atoms with E-state index in [4.69, 9.17) is 4.74 Å². The Morgan fingerprint density at radius 3 is 2.38 bits per heavy atom. The predicted octanol–water partition coefficient (Wildman–Crippen LogP) is 3.36. The number of hydrogen-bond donors (Lipinski definition) is 0. The Morgan fingerprint density at radius 1 is 0.912 bits per heavy atom. The highest BCUT2D eigenvalue weighted by Gasteiger charge is 2.39. The van der Waals surface area contributed by atoms with E-state index in [1.165, 1.54) is 12.1 Å². The molecule has 0 unspecified atom stereocenters. The second-order valence-electron chi connectivity index (χ2n) is 9.55. The van der Waals surface area contributed by atoms with E-state index in [0.717, 1.165) is 68.9 Å². The molecule has 180 valence electrons. The standard InChI is InChI=1S/C27H32FN3O3/c28-23-7-3-20(4-8-23)18-26(32)30-13-11-25-22(19-30)2-1-12-31(25)27(33)21-5-9-24(10-6-21)29-14-16-34-17-15-29/h3-10,22,25H,1-2,11-19H2/t22-,25-/m0/s1. The van der Waals surface area contributed by atoms with Crippen LogP contribution in [-0.4, -0.2) is 73.6 Å². The van der Waals surface area contributed by atoms with E-state index in [2.05, 4.69) is 4.90 Å². The number of fused-ring (bicyclic) bond motifs is 1. The topological polar surface area (TPSA) is 53.1 Å². The van der Waals surface area contributed by atoms with Crippen LogP contribution in [0.4, 0.5) is 10.1 Å². The van der Waals surface area contributed by atoms with Crippen LogP contribution in [0.5, 0.6) is 0 Å². The van der Waals surface area contributed by atoms with Crippen molar-refractivity contribution in [3.05, 3.63) is 65.5 Å². The molecule has 2 aromatic carbocycles. The van der Waals surface area contributed by atoms with Gasteiger partial charge in [-0.05, 0) is 67.1 Å². The van der Waals surface area contributed by atoms with Gasteiger partial charge in [-0.15, -0.1) is 0 Å². The summed E-state index contributed by atoms with van der Waals surface area (Å²) in [6.45, 7) is 5.33. The summed E-state index contributed by atoms with van der Waals surface area (Å²) in [5.74, 6) is 0.178. The Labute approximate surface area is 200 Å². The SMILES string of the molecule is O=C(Cc1ccc(F)cc1)N1CC[C@H]2[C@@H](CCCN2C(=O)c2ccc(N3CCOCC3)cc2)C1. The van der Waals surface area contributed by atoms with Crippen molar-refractivity contribution in [1.29, 1.82) is 0 Å². The van der Waals surface area contributed by atoms with Crippen molar-refractivity contribution in [1.82, 2.24) is 9.80 Å². The molecule has 6 nitrogen and oxygen atoms in total. The van der Waals surface area contributed by atoms with Gasteiger partial charge in [-0.3, -0.25) is 9.59 Å². The molecule has 2 atom stereocenters. The van der Waals surface area contributed by atoms with E-state index in [9.17, 15) is 14.0 Å². The number of amides is 2. The molecule has 3 heterocycles. The molecule has 0 bridgehead atoms. The van der Waals surface area contributed by atoms with Crippen LogP contribution in [-0.2, 0) is 16.0 Å². The summed E-state index contributed by atoms with van der Waals surface area (Å²) in [5, 5.41) is 0. The highest BCUT2D eigenvalue weighted by atomic mass is 19.1. The molecule has 0 aliphatic carbocycles. The van der Waals surface area contributed by atoms with Crippen molar-refractivity contribution in [3.63, 3.8) is 0 Å². The quantitative estimate of drug-likeness (QED) is 0.695. The van der Waals surface area contributed by atoms with Crippen molar-refractivity contribution in [2.24, 2.45) is 5.92 Å². The van der Waals surface area contributed by atoms with Gasteiger partial charge in [0.05, 0.1) is 19.6 Å². The number of halogens is 1. The van der Waals surface area contributed by atoms with Gasteiger partial charge in [-0.25, -0.2) is 4.39 Å². The van der Waals surface area contributed by atoms with Gasteiger partial charge in [0, 0.05) is 50.0 Å². The second kappa shape index (κ2) is 10.1. The van der Waals surface area contributed by atoms with E-state index in [-0.39, 0.29) is 30.1 Å². The minimum atomic E-state index is -0.292. The van der Waals surface area contributed by atoms with Gasteiger partial charge in [0.2, 0.25) is 5.91 Å². The number of likely N-dealkylation sites (tertiary alicyclic amines) is 2. The van der Waals surface area contributed by atoms with Gasteiger partial charge in [-0.2, -0.15) is 0 Å². The number of carbonyl (C=O) groups is 2. The van der Waals surface area contributed by atoms with Crippen molar-refractivity contribution < 1.29 is 18.7 Å². The molecule has 3 aliphatic rings. The summed E-state index contributed by atoms with van der Waals surface area (Å²) in [6, 6.07) is 14.3. The second-order valence-corrected chi connectivity index (χ2v) is 9.55. The zero-order valence-corrected chi connectivity index (χ0v) is 19.5. The minimum absolute atomic E-state index is 0.0761. The maximum absolute atomic E-state index is 13.4. The van der Waals surface area contributed by atoms with Crippen LogP contribution < -0.4 is 4.90 Å². The molecule has 7 heteroatoms. The molecule has 0 spiro atoms. The first kappa shape index (κ1) is 22.8. The summed E-state index contributed by atoms with van der Waals surface area (Å²) in [7, 11) is 0. The first-order chi connectivity index (χ1) is 16.6. The summed E-state index contributed by atoms with van der Waals surface area (Å²) >= 11 is 0. The Morgan fingerprint density at radius 2 is 1.65 bits per heavy atom. The van der Waals surface area contributed by atoms with Crippen molar-refractivity contribution in [2.75, 3.05) is 50.8 Å².